The standard InChI is InChI=1S/C12H9ClFNOS/c13-11-2-1-3-15-12(11)17-10-5-8(7-16)4-9(14)6-10/h1-6,16H,7H2. The number of nitrogens with zero attached hydrogens (tertiary/aromatic N) is 1. The van der Waals surface area contributed by atoms with E-state index >= 15 is 0 Å². The summed E-state index contributed by atoms with van der Waals surface area (Å²) in [7, 11) is 0. The average molecular weight is 270 g/mol. The highest BCUT2D eigenvalue weighted by Gasteiger charge is 2.06. The van der Waals surface area contributed by atoms with Crippen LogP contribution in [0.3, 0.4) is 0 Å². The van der Waals surface area contributed by atoms with Crippen LogP contribution < -0.4 is 0 Å². The minimum Gasteiger partial charge on any atom is -0.392 e. The van der Waals surface area contributed by atoms with E-state index in [4.69, 9.17) is 16.7 Å². The minimum absolute atomic E-state index is 0.193. The number of hydrogen-bond acceptors (Lipinski definition) is 3. The van der Waals surface area contributed by atoms with E-state index in [-0.39, 0.29) is 12.4 Å². The van der Waals surface area contributed by atoms with E-state index in [0.29, 0.717) is 20.5 Å². The predicted molar refractivity (Wildman–Crippen MR) is 65.7 cm³/mol. The lowest BCUT2D eigenvalue weighted by molar-refractivity contribution is 0.281. The lowest BCUT2D eigenvalue weighted by Crippen LogP contribution is -1.87. The fourth-order valence-corrected chi connectivity index (χ4v) is 2.45. The Labute approximate surface area is 107 Å². The number of aromatic nitrogens is 1. The van der Waals surface area contributed by atoms with Crippen molar-refractivity contribution in [3.05, 3.63) is 52.9 Å². The lowest BCUT2D eigenvalue weighted by Gasteiger charge is -2.05. The van der Waals surface area contributed by atoms with Gasteiger partial charge in [-0.3, -0.25) is 0 Å². The molecule has 0 saturated heterocycles. The van der Waals surface area contributed by atoms with Gasteiger partial charge >= 0.3 is 0 Å². The molecule has 1 N–H and O–H groups in total. The van der Waals surface area contributed by atoms with Gasteiger partial charge in [-0.2, -0.15) is 0 Å². The Hall–Kier alpha value is -1.10. The third kappa shape index (κ3) is 3.19. The van der Waals surface area contributed by atoms with Gasteiger partial charge in [0.25, 0.3) is 0 Å². The van der Waals surface area contributed by atoms with E-state index in [1.807, 2.05) is 0 Å². The van der Waals surface area contributed by atoms with Gasteiger partial charge in [-0.05, 0) is 35.9 Å². The maximum atomic E-state index is 13.2. The summed E-state index contributed by atoms with van der Waals surface area (Å²) < 4.78 is 13.2. The molecule has 1 aromatic carbocycles. The largest absolute Gasteiger partial charge is 0.392 e. The molecule has 0 unspecified atom stereocenters. The second-order valence-electron chi connectivity index (χ2n) is 3.35. The summed E-state index contributed by atoms with van der Waals surface area (Å²) in [5, 5.41) is 10.1. The fraction of sp³-hybridized carbons (Fsp3) is 0.0833. The molecule has 0 aliphatic rings. The Morgan fingerprint density at radius 3 is 2.88 bits per heavy atom. The maximum Gasteiger partial charge on any atom is 0.124 e. The van der Waals surface area contributed by atoms with Crippen molar-refractivity contribution in [3.8, 4) is 0 Å². The number of hydrogen-bond donors (Lipinski definition) is 1. The molecular weight excluding hydrogens is 261 g/mol. The first-order valence-corrected chi connectivity index (χ1v) is 6.07. The average Bonchev–Trinajstić information content (AvgIpc) is 2.31. The summed E-state index contributed by atoms with van der Waals surface area (Å²) in [5.41, 5.74) is 0.527. The van der Waals surface area contributed by atoms with Crippen molar-refractivity contribution in [1.82, 2.24) is 4.98 Å². The molecule has 5 heteroatoms. The fourth-order valence-electron chi connectivity index (χ4n) is 1.33. The van der Waals surface area contributed by atoms with E-state index < -0.39 is 0 Å². The Morgan fingerprint density at radius 2 is 2.18 bits per heavy atom. The smallest absolute Gasteiger partial charge is 0.124 e. The van der Waals surface area contributed by atoms with Crippen molar-refractivity contribution in [2.24, 2.45) is 0 Å². The first-order valence-electron chi connectivity index (χ1n) is 4.88. The highest BCUT2D eigenvalue weighted by Crippen LogP contribution is 2.32. The van der Waals surface area contributed by atoms with Crippen LogP contribution in [0.15, 0.2) is 46.5 Å². The van der Waals surface area contributed by atoms with Crippen LogP contribution in [-0.4, -0.2) is 10.1 Å². The van der Waals surface area contributed by atoms with E-state index in [1.165, 1.54) is 23.9 Å². The molecule has 0 bridgehead atoms. The van der Waals surface area contributed by atoms with E-state index in [2.05, 4.69) is 4.98 Å². The van der Waals surface area contributed by atoms with Gasteiger partial charge in [0, 0.05) is 11.1 Å². The zero-order valence-electron chi connectivity index (χ0n) is 8.73. The minimum atomic E-state index is -0.383. The third-order valence-electron chi connectivity index (χ3n) is 2.05. The SMILES string of the molecule is OCc1cc(F)cc(Sc2ncccc2Cl)c1. The summed E-state index contributed by atoms with van der Waals surface area (Å²) in [4.78, 5) is 4.77. The van der Waals surface area contributed by atoms with Crippen LogP contribution in [0.4, 0.5) is 4.39 Å². The molecule has 0 fully saturated rings. The topological polar surface area (TPSA) is 33.1 Å². The van der Waals surface area contributed by atoms with Crippen LogP contribution >= 0.6 is 23.4 Å². The van der Waals surface area contributed by atoms with Gasteiger partial charge in [-0.1, -0.05) is 23.4 Å². The summed E-state index contributed by atoms with van der Waals surface area (Å²) in [6.45, 7) is -0.193. The Kier molecular flexibility index (Phi) is 3.99. The van der Waals surface area contributed by atoms with Crippen LogP contribution in [0.25, 0.3) is 0 Å². The van der Waals surface area contributed by atoms with Crippen LogP contribution in [0.1, 0.15) is 5.56 Å². The molecule has 0 atom stereocenters. The van der Waals surface area contributed by atoms with Gasteiger partial charge in [-0.25, -0.2) is 9.37 Å². The molecule has 17 heavy (non-hydrogen) atoms. The molecule has 0 aliphatic heterocycles. The van der Waals surface area contributed by atoms with Crippen molar-refractivity contribution < 1.29 is 9.50 Å². The van der Waals surface area contributed by atoms with Gasteiger partial charge in [-0.15, -0.1) is 0 Å². The zero-order chi connectivity index (χ0) is 12.3. The molecule has 0 amide bonds. The van der Waals surface area contributed by atoms with Crippen molar-refractivity contribution >= 4 is 23.4 Å². The molecule has 2 rings (SSSR count). The van der Waals surface area contributed by atoms with Crippen molar-refractivity contribution in [2.75, 3.05) is 0 Å². The summed E-state index contributed by atoms with van der Waals surface area (Å²) in [6, 6.07) is 7.85. The second-order valence-corrected chi connectivity index (χ2v) is 4.82. The number of aliphatic hydroxyl groups is 1. The molecule has 0 radical (unpaired) electrons. The number of rotatable bonds is 3. The second kappa shape index (κ2) is 5.49. The first kappa shape index (κ1) is 12.4. The molecular formula is C12H9ClFNOS. The monoisotopic (exact) mass is 269 g/mol. The van der Waals surface area contributed by atoms with Gasteiger partial charge in [0.15, 0.2) is 0 Å². The van der Waals surface area contributed by atoms with Crippen molar-refractivity contribution in [2.45, 2.75) is 16.5 Å². The summed E-state index contributed by atoms with van der Waals surface area (Å²) >= 11 is 7.22. The highest BCUT2D eigenvalue weighted by atomic mass is 35.5. The number of pyridine rings is 1. The van der Waals surface area contributed by atoms with Gasteiger partial charge < -0.3 is 5.11 Å². The van der Waals surface area contributed by atoms with E-state index in [9.17, 15) is 4.39 Å². The Balaban J connectivity index is 2.30. The van der Waals surface area contributed by atoms with E-state index in [0.717, 1.165) is 0 Å². The zero-order valence-corrected chi connectivity index (χ0v) is 10.3. The predicted octanol–water partition coefficient (Wildman–Crippen LogP) is 3.52. The number of benzene rings is 1. The van der Waals surface area contributed by atoms with Crippen LogP contribution in [0.5, 0.6) is 0 Å². The molecule has 0 aliphatic carbocycles. The molecule has 1 aromatic heterocycles. The lowest BCUT2D eigenvalue weighted by atomic mass is 10.2. The normalized spacial score (nSPS) is 10.5. The summed E-state index contributed by atoms with van der Waals surface area (Å²) in [6.07, 6.45) is 1.63. The molecule has 0 spiro atoms. The molecule has 2 aromatic rings. The van der Waals surface area contributed by atoms with Crippen LogP contribution in [0.2, 0.25) is 5.02 Å². The Morgan fingerprint density at radius 1 is 1.35 bits per heavy atom. The van der Waals surface area contributed by atoms with Gasteiger partial charge in [0.05, 0.1) is 11.6 Å². The molecule has 88 valence electrons. The third-order valence-corrected chi connectivity index (χ3v) is 3.46. The van der Waals surface area contributed by atoms with Gasteiger partial charge in [0.1, 0.15) is 10.8 Å². The van der Waals surface area contributed by atoms with Crippen LogP contribution in [-0.2, 0) is 6.61 Å². The van der Waals surface area contributed by atoms with Crippen molar-refractivity contribution in [3.63, 3.8) is 0 Å². The molecule has 2 nitrogen and oxygen atoms in total. The quantitative estimate of drug-likeness (QED) is 0.926. The number of aliphatic hydroxyl groups excluding tert-OH is 1. The molecule has 0 saturated carbocycles. The first-order chi connectivity index (χ1) is 8.19. The van der Waals surface area contributed by atoms with Crippen molar-refractivity contribution in [1.29, 1.82) is 0 Å². The highest BCUT2D eigenvalue weighted by molar-refractivity contribution is 7.99. The maximum absolute atomic E-state index is 13.2. The van der Waals surface area contributed by atoms with Gasteiger partial charge in [0.2, 0.25) is 0 Å². The Bertz CT molecular complexity index is 536. The summed E-state index contributed by atoms with van der Waals surface area (Å²) in [5.74, 6) is -0.383. The molecule has 1 heterocycles. The van der Waals surface area contributed by atoms with Crippen LogP contribution in [0, 0.1) is 5.82 Å². The van der Waals surface area contributed by atoms with E-state index in [1.54, 1.807) is 24.4 Å². The number of halogens is 2.